The van der Waals surface area contributed by atoms with E-state index in [1.807, 2.05) is 37.3 Å². The first-order chi connectivity index (χ1) is 9.63. The molecule has 2 aromatic rings. The summed E-state index contributed by atoms with van der Waals surface area (Å²) < 4.78 is 5.16. The van der Waals surface area contributed by atoms with E-state index in [9.17, 15) is 10.2 Å². The van der Waals surface area contributed by atoms with Crippen LogP contribution >= 0.6 is 0 Å². The van der Waals surface area contributed by atoms with E-state index in [4.69, 9.17) is 4.74 Å². The molecule has 0 atom stereocenters. The monoisotopic (exact) mass is 273 g/mol. The number of phenolic OH excluding ortho intramolecular Hbond substituents is 1. The molecule has 0 heterocycles. The van der Waals surface area contributed by atoms with E-state index in [0.29, 0.717) is 12.3 Å². The molecule has 2 rings (SSSR count). The van der Waals surface area contributed by atoms with Crippen LogP contribution < -0.4 is 10.1 Å². The number of hydrogen-bond donors (Lipinski definition) is 3. The van der Waals surface area contributed by atoms with Gasteiger partial charge in [0.25, 0.3) is 0 Å². The molecule has 4 nitrogen and oxygen atoms in total. The highest BCUT2D eigenvalue weighted by Gasteiger charge is 2.05. The van der Waals surface area contributed by atoms with Crippen LogP contribution in [0.1, 0.15) is 16.7 Å². The number of aryl methyl sites for hydroxylation is 1. The minimum absolute atomic E-state index is 0.0750. The Bertz CT molecular complexity index is 596. The smallest absolute Gasteiger partial charge is 0.124 e. The van der Waals surface area contributed by atoms with Crippen molar-refractivity contribution in [2.24, 2.45) is 0 Å². The molecular weight excluding hydrogens is 254 g/mol. The molecule has 0 unspecified atom stereocenters. The minimum atomic E-state index is -0.0750. The molecule has 20 heavy (non-hydrogen) atoms. The lowest BCUT2D eigenvalue weighted by atomic mass is 10.1. The van der Waals surface area contributed by atoms with Crippen molar-refractivity contribution in [3.05, 3.63) is 53.1 Å². The normalized spacial score (nSPS) is 10.3. The molecule has 106 valence electrons. The lowest BCUT2D eigenvalue weighted by molar-refractivity contribution is 0.274. The van der Waals surface area contributed by atoms with Crippen molar-refractivity contribution in [2.75, 3.05) is 12.4 Å². The summed E-state index contributed by atoms with van der Waals surface area (Å²) in [5.74, 6) is 0.940. The van der Waals surface area contributed by atoms with Gasteiger partial charge in [0, 0.05) is 23.4 Å². The number of methoxy groups -OCH3 is 1. The van der Waals surface area contributed by atoms with Gasteiger partial charge in [-0.2, -0.15) is 0 Å². The second kappa shape index (κ2) is 6.30. The number of phenols is 1. The van der Waals surface area contributed by atoms with Gasteiger partial charge in [0.15, 0.2) is 0 Å². The van der Waals surface area contributed by atoms with Gasteiger partial charge in [-0.05, 0) is 31.2 Å². The van der Waals surface area contributed by atoms with E-state index in [1.165, 1.54) is 0 Å². The van der Waals surface area contributed by atoms with Crippen molar-refractivity contribution in [3.63, 3.8) is 0 Å². The van der Waals surface area contributed by atoms with Crippen molar-refractivity contribution in [2.45, 2.75) is 20.1 Å². The number of rotatable bonds is 5. The summed E-state index contributed by atoms with van der Waals surface area (Å²) in [5, 5.41) is 22.3. The third-order valence-electron chi connectivity index (χ3n) is 3.17. The zero-order chi connectivity index (χ0) is 14.5. The van der Waals surface area contributed by atoms with E-state index >= 15 is 0 Å². The summed E-state index contributed by atoms with van der Waals surface area (Å²) in [5.41, 5.74) is 3.54. The van der Waals surface area contributed by atoms with Gasteiger partial charge in [-0.25, -0.2) is 0 Å². The SMILES string of the molecule is COc1ccc(NCc2cc(C)ccc2O)cc1CO. The predicted molar refractivity (Wildman–Crippen MR) is 79.1 cm³/mol. The number of aromatic hydroxyl groups is 1. The maximum Gasteiger partial charge on any atom is 0.124 e. The summed E-state index contributed by atoms with van der Waals surface area (Å²) in [6, 6.07) is 11.0. The molecule has 0 aliphatic rings. The maximum absolute atomic E-state index is 9.80. The van der Waals surface area contributed by atoms with Gasteiger partial charge in [-0.15, -0.1) is 0 Å². The Labute approximate surface area is 118 Å². The van der Waals surface area contributed by atoms with Crippen molar-refractivity contribution in [1.82, 2.24) is 0 Å². The van der Waals surface area contributed by atoms with Gasteiger partial charge in [0.05, 0.1) is 13.7 Å². The summed E-state index contributed by atoms with van der Waals surface area (Å²) in [6.07, 6.45) is 0. The summed E-state index contributed by atoms with van der Waals surface area (Å²) in [6.45, 7) is 2.43. The number of hydrogen-bond acceptors (Lipinski definition) is 4. The number of aliphatic hydroxyl groups excluding tert-OH is 1. The molecular formula is C16H19NO3. The second-order valence-corrected chi connectivity index (χ2v) is 4.67. The lowest BCUT2D eigenvalue weighted by Gasteiger charge is -2.12. The first kappa shape index (κ1) is 14.2. The van der Waals surface area contributed by atoms with E-state index < -0.39 is 0 Å². The number of anilines is 1. The first-order valence-corrected chi connectivity index (χ1v) is 6.44. The highest BCUT2D eigenvalue weighted by atomic mass is 16.5. The Morgan fingerprint density at radius 3 is 2.60 bits per heavy atom. The standard InChI is InChI=1S/C16H19NO3/c1-11-3-5-15(19)12(7-11)9-17-14-4-6-16(20-2)13(8-14)10-18/h3-8,17-19H,9-10H2,1-2H3. The first-order valence-electron chi connectivity index (χ1n) is 6.44. The van der Waals surface area contributed by atoms with E-state index in [1.54, 1.807) is 13.2 Å². The van der Waals surface area contributed by atoms with Crippen LogP contribution in [0.3, 0.4) is 0 Å². The zero-order valence-corrected chi connectivity index (χ0v) is 11.7. The third kappa shape index (κ3) is 3.22. The Balaban J connectivity index is 2.12. The van der Waals surface area contributed by atoms with Gasteiger partial charge in [0.2, 0.25) is 0 Å². The Kier molecular flexibility index (Phi) is 4.48. The molecule has 0 saturated carbocycles. The van der Waals surface area contributed by atoms with Gasteiger partial charge in [-0.1, -0.05) is 17.7 Å². The molecule has 3 N–H and O–H groups in total. The van der Waals surface area contributed by atoms with Crippen LogP contribution in [0, 0.1) is 6.92 Å². The summed E-state index contributed by atoms with van der Waals surface area (Å²) in [7, 11) is 1.58. The van der Waals surface area contributed by atoms with Gasteiger partial charge in [0.1, 0.15) is 11.5 Å². The van der Waals surface area contributed by atoms with Crippen LogP contribution in [-0.4, -0.2) is 17.3 Å². The largest absolute Gasteiger partial charge is 0.508 e. The lowest BCUT2D eigenvalue weighted by Crippen LogP contribution is -2.01. The fourth-order valence-corrected chi connectivity index (χ4v) is 2.07. The quantitative estimate of drug-likeness (QED) is 0.784. The van der Waals surface area contributed by atoms with E-state index in [-0.39, 0.29) is 12.4 Å². The van der Waals surface area contributed by atoms with Gasteiger partial charge in [-0.3, -0.25) is 0 Å². The van der Waals surface area contributed by atoms with Crippen LogP contribution in [0.4, 0.5) is 5.69 Å². The highest BCUT2D eigenvalue weighted by Crippen LogP contribution is 2.24. The second-order valence-electron chi connectivity index (χ2n) is 4.67. The van der Waals surface area contributed by atoms with Crippen molar-refractivity contribution in [3.8, 4) is 11.5 Å². The number of ether oxygens (including phenoxy) is 1. The van der Waals surface area contributed by atoms with E-state index in [0.717, 1.165) is 22.4 Å². The Morgan fingerprint density at radius 2 is 1.90 bits per heavy atom. The molecule has 0 fully saturated rings. The highest BCUT2D eigenvalue weighted by molar-refractivity contribution is 5.52. The van der Waals surface area contributed by atoms with Crippen LogP contribution in [0.15, 0.2) is 36.4 Å². The average Bonchev–Trinajstić information content (AvgIpc) is 2.47. The van der Waals surface area contributed by atoms with Crippen LogP contribution in [0.5, 0.6) is 11.5 Å². The molecule has 0 spiro atoms. The van der Waals surface area contributed by atoms with Gasteiger partial charge < -0.3 is 20.3 Å². The fourth-order valence-electron chi connectivity index (χ4n) is 2.07. The molecule has 0 bridgehead atoms. The van der Waals surface area contributed by atoms with E-state index in [2.05, 4.69) is 5.32 Å². The molecule has 0 radical (unpaired) electrons. The average molecular weight is 273 g/mol. The summed E-state index contributed by atoms with van der Waals surface area (Å²) in [4.78, 5) is 0. The number of benzene rings is 2. The van der Waals surface area contributed by atoms with Crippen LogP contribution in [0.2, 0.25) is 0 Å². The third-order valence-corrected chi connectivity index (χ3v) is 3.17. The Hall–Kier alpha value is -2.20. The molecule has 0 amide bonds. The molecule has 4 heteroatoms. The molecule has 0 aromatic heterocycles. The maximum atomic E-state index is 9.80. The zero-order valence-electron chi connectivity index (χ0n) is 11.7. The Morgan fingerprint density at radius 1 is 1.10 bits per heavy atom. The molecule has 0 aliphatic carbocycles. The van der Waals surface area contributed by atoms with Crippen molar-refractivity contribution >= 4 is 5.69 Å². The molecule has 0 aliphatic heterocycles. The van der Waals surface area contributed by atoms with Gasteiger partial charge >= 0.3 is 0 Å². The van der Waals surface area contributed by atoms with Crippen LogP contribution in [0.25, 0.3) is 0 Å². The molecule has 2 aromatic carbocycles. The number of aliphatic hydroxyl groups is 1. The number of nitrogens with one attached hydrogen (secondary N) is 1. The van der Waals surface area contributed by atoms with Crippen molar-refractivity contribution in [1.29, 1.82) is 0 Å². The minimum Gasteiger partial charge on any atom is -0.508 e. The summed E-state index contributed by atoms with van der Waals surface area (Å²) >= 11 is 0. The van der Waals surface area contributed by atoms with Crippen molar-refractivity contribution < 1.29 is 14.9 Å². The topological polar surface area (TPSA) is 61.7 Å². The van der Waals surface area contributed by atoms with Crippen LogP contribution in [-0.2, 0) is 13.2 Å². The predicted octanol–water partition coefficient (Wildman–Crippen LogP) is 2.81. The molecule has 0 saturated heterocycles. The fraction of sp³-hybridized carbons (Fsp3) is 0.250.